The Kier molecular flexibility index (Phi) is 5.51. The van der Waals surface area contributed by atoms with E-state index in [-0.39, 0.29) is 5.56 Å². The van der Waals surface area contributed by atoms with Crippen LogP contribution in [0.5, 0.6) is 0 Å². The molecule has 2 rings (SSSR count). The van der Waals surface area contributed by atoms with E-state index in [9.17, 15) is 23.6 Å². The average molecular weight is 350 g/mol. The summed E-state index contributed by atoms with van der Waals surface area (Å²) < 4.78 is 17.9. The van der Waals surface area contributed by atoms with Gasteiger partial charge < -0.3 is 10.1 Å². The lowest BCUT2D eigenvalue weighted by Crippen LogP contribution is -2.46. The molecule has 1 fully saturated rings. The maximum atomic E-state index is 13.1. The van der Waals surface area contributed by atoms with Crippen LogP contribution in [0.3, 0.4) is 0 Å². The number of imide groups is 1. The lowest BCUT2D eigenvalue weighted by Gasteiger charge is -2.22. The quantitative estimate of drug-likeness (QED) is 0.459. The van der Waals surface area contributed by atoms with E-state index >= 15 is 0 Å². The predicted molar refractivity (Wildman–Crippen MR) is 85.2 cm³/mol. The zero-order chi connectivity index (χ0) is 18.6. The fourth-order valence-corrected chi connectivity index (χ4v) is 2.62. The van der Waals surface area contributed by atoms with Crippen LogP contribution in [0, 0.1) is 5.82 Å². The van der Waals surface area contributed by atoms with E-state index in [4.69, 9.17) is 4.74 Å². The second kappa shape index (κ2) is 7.42. The molecule has 0 unspecified atom stereocenters. The number of ketones is 1. The first-order valence-electron chi connectivity index (χ1n) is 7.91. The van der Waals surface area contributed by atoms with E-state index in [0.717, 1.165) is 11.0 Å². The highest BCUT2D eigenvalue weighted by Gasteiger charge is 2.49. The molecule has 0 saturated carbocycles. The van der Waals surface area contributed by atoms with Crippen molar-refractivity contribution in [1.29, 1.82) is 0 Å². The first kappa shape index (κ1) is 18.6. The standard InChI is InChI=1S/C17H19FN2O5/c1-3-17(4-2)15(23)20(16(24)19-17)9-14(22)25-10-13(21)11-6-5-7-12(18)8-11/h5-8H,3-4,9-10H2,1-2H3,(H,19,24). The molecule has 1 saturated heterocycles. The molecule has 0 atom stereocenters. The van der Waals surface area contributed by atoms with Gasteiger partial charge in [0.25, 0.3) is 5.91 Å². The van der Waals surface area contributed by atoms with Crippen molar-refractivity contribution in [2.45, 2.75) is 32.2 Å². The summed E-state index contributed by atoms with van der Waals surface area (Å²) in [5.74, 6) is -2.54. The molecule has 1 aromatic rings. The van der Waals surface area contributed by atoms with Crippen LogP contribution in [0.1, 0.15) is 37.0 Å². The van der Waals surface area contributed by atoms with E-state index in [2.05, 4.69) is 5.32 Å². The SMILES string of the molecule is CCC1(CC)NC(=O)N(CC(=O)OCC(=O)c2cccc(F)c2)C1=O. The Hall–Kier alpha value is -2.77. The van der Waals surface area contributed by atoms with Gasteiger partial charge in [0.05, 0.1) is 0 Å². The number of carbonyl (C=O) groups excluding carboxylic acids is 4. The van der Waals surface area contributed by atoms with E-state index < -0.39 is 48.2 Å². The minimum absolute atomic E-state index is 0.0683. The van der Waals surface area contributed by atoms with Crippen LogP contribution in [0.2, 0.25) is 0 Å². The molecule has 0 aromatic heterocycles. The molecule has 25 heavy (non-hydrogen) atoms. The van der Waals surface area contributed by atoms with Crippen molar-refractivity contribution in [3.05, 3.63) is 35.6 Å². The maximum Gasteiger partial charge on any atom is 0.326 e. The summed E-state index contributed by atoms with van der Waals surface area (Å²) in [6, 6.07) is 4.32. The van der Waals surface area contributed by atoms with Crippen molar-refractivity contribution in [2.24, 2.45) is 0 Å². The number of hydrogen-bond donors (Lipinski definition) is 1. The lowest BCUT2D eigenvalue weighted by atomic mass is 9.93. The van der Waals surface area contributed by atoms with Gasteiger partial charge in [-0.05, 0) is 25.0 Å². The van der Waals surface area contributed by atoms with Crippen molar-refractivity contribution in [3.63, 3.8) is 0 Å². The number of benzene rings is 1. The third-order valence-corrected chi connectivity index (χ3v) is 4.25. The molecule has 0 aliphatic carbocycles. The smallest absolute Gasteiger partial charge is 0.326 e. The highest BCUT2D eigenvalue weighted by Crippen LogP contribution is 2.24. The van der Waals surface area contributed by atoms with Crippen molar-refractivity contribution in [2.75, 3.05) is 13.2 Å². The molecule has 8 heteroatoms. The van der Waals surface area contributed by atoms with Crippen molar-refractivity contribution in [3.8, 4) is 0 Å². The first-order chi connectivity index (χ1) is 11.8. The summed E-state index contributed by atoms with van der Waals surface area (Å²) in [5.41, 5.74) is -0.937. The van der Waals surface area contributed by atoms with Crippen LogP contribution in [0.4, 0.5) is 9.18 Å². The number of ether oxygens (including phenoxy) is 1. The van der Waals surface area contributed by atoms with Crippen LogP contribution in [0.15, 0.2) is 24.3 Å². The average Bonchev–Trinajstić information content (AvgIpc) is 2.84. The summed E-state index contributed by atoms with van der Waals surface area (Å²) in [5, 5.41) is 2.59. The first-order valence-corrected chi connectivity index (χ1v) is 7.91. The largest absolute Gasteiger partial charge is 0.456 e. The van der Waals surface area contributed by atoms with Gasteiger partial charge in [-0.2, -0.15) is 0 Å². The number of halogens is 1. The monoisotopic (exact) mass is 350 g/mol. The molecule has 7 nitrogen and oxygen atoms in total. The van der Waals surface area contributed by atoms with Crippen molar-refractivity contribution >= 4 is 23.7 Å². The Morgan fingerprint density at radius 1 is 1.24 bits per heavy atom. The third-order valence-electron chi connectivity index (χ3n) is 4.25. The van der Waals surface area contributed by atoms with Crippen LogP contribution < -0.4 is 5.32 Å². The number of urea groups is 1. The Morgan fingerprint density at radius 2 is 1.92 bits per heavy atom. The zero-order valence-corrected chi connectivity index (χ0v) is 14.0. The number of hydrogen-bond acceptors (Lipinski definition) is 5. The fraction of sp³-hybridized carbons (Fsp3) is 0.412. The summed E-state index contributed by atoms with van der Waals surface area (Å²) in [6.07, 6.45) is 0.801. The number of nitrogens with one attached hydrogen (secondary N) is 1. The molecule has 1 aliphatic heterocycles. The van der Waals surface area contributed by atoms with Crippen LogP contribution in [0.25, 0.3) is 0 Å². The number of Topliss-reactive ketones (excluding diaryl/α,β-unsaturated/α-hetero) is 1. The Bertz CT molecular complexity index is 715. The van der Waals surface area contributed by atoms with Crippen LogP contribution in [-0.2, 0) is 14.3 Å². The molecular formula is C17H19FN2O5. The van der Waals surface area contributed by atoms with Gasteiger partial charge in [-0.3, -0.25) is 19.3 Å². The molecule has 0 spiro atoms. The number of carbonyl (C=O) groups is 4. The second-order valence-electron chi connectivity index (χ2n) is 5.70. The third kappa shape index (κ3) is 3.84. The van der Waals surface area contributed by atoms with Gasteiger partial charge in [0, 0.05) is 5.56 Å². The summed E-state index contributed by atoms with van der Waals surface area (Å²) in [4.78, 5) is 48.8. The lowest BCUT2D eigenvalue weighted by molar-refractivity contribution is -0.146. The molecule has 1 heterocycles. The second-order valence-corrected chi connectivity index (χ2v) is 5.70. The zero-order valence-electron chi connectivity index (χ0n) is 14.0. The molecule has 1 N–H and O–H groups in total. The molecular weight excluding hydrogens is 331 g/mol. The predicted octanol–water partition coefficient (Wildman–Crippen LogP) is 1.66. The summed E-state index contributed by atoms with van der Waals surface area (Å²) in [7, 11) is 0. The van der Waals surface area contributed by atoms with Crippen LogP contribution in [-0.4, -0.2) is 47.3 Å². The minimum Gasteiger partial charge on any atom is -0.456 e. The molecule has 1 aliphatic rings. The Morgan fingerprint density at radius 3 is 2.48 bits per heavy atom. The van der Waals surface area contributed by atoms with E-state index in [1.165, 1.54) is 18.2 Å². The van der Waals surface area contributed by atoms with E-state index in [1.807, 2.05) is 0 Å². The normalized spacial score (nSPS) is 15.9. The number of amides is 3. The summed E-state index contributed by atoms with van der Waals surface area (Å²) in [6.45, 7) is 2.35. The van der Waals surface area contributed by atoms with Gasteiger partial charge in [0.2, 0.25) is 0 Å². The number of nitrogens with zero attached hydrogens (tertiary/aromatic N) is 1. The number of rotatable bonds is 7. The molecule has 3 amide bonds. The number of esters is 1. The topological polar surface area (TPSA) is 92.8 Å². The van der Waals surface area contributed by atoms with Crippen molar-refractivity contribution < 1.29 is 28.3 Å². The van der Waals surface area contributed by atoms with E-state index in [0.29, 0.717) is 12.8 Å². The highest BCUT2D eigenvalue weighted by molar-refractivity contribution is 6.08. The molecule has 1 aromatic carbocycles. The van der Waals surface area contributed by atoms with Gasteiger partial charge in [0.1, 0.15) is 17.9 Å². The van der Waals surface area contributed by atoms with Crippen LogP contribution >= 0.6 is 0 Å². The summed E-state index contributed by atoms with van der Waals surface area (Å²) >= 11 is 0. The van der Waals surface area contributed by atoms with Gasteiger partial charge in [0.15, 0.2) is 12.4 Å². The van der Waals surface area contributed by atoms with Gasteiger partial charge >= 0.3 is 12.0 Å². The fourth-order valence-electron chi connectivity index (χ4n) is 2.62. The van der Waals surface area contributed by atoms with E-state index in [1.54, 1.807) is 13.8 Å². The van der Waals surface area contributed by atoms with Gasteiger partial charge in [-0.1, -0.05) is 26.0 Å². The van der Waals surface area contributed by atoms with Gasteiger partial charge in [-0.25, -0.2) is 9.18 Å². The van der Waals surface area contributed by atoms with Crippen molar-refractivity contribution in [1.82, 2.24) is 10.2 Å². The molecule has 134 valence electrons. The highest BCUT2D eigenvalue weighted by atomic mass is 19.1. The minimum atomic E-state index is -1.01. The Balaban J connectivity index is 1.93. The Labute approximate surface area is 144 Å². The maximum absolute atomic E-state index is 13.1. The van der Waals surface area contributed by atoms with Gasteiger partial charge in [-0.15, -0.1) is 0 Å². The molecule has 0 radical (unpaired) electrons. The molecule has 0 bridgehead atoms.